The van der Waals surface area contributed by atoms with Gasteiger partial charge in [0.2, 0.25) is 5.91 Å². The van der Waals surface area contributed by atoms with Crippen molar-refractivity contribution in [1.82, 2.24) is 5.32 Å². The number of halogens is 1. The average molecular weight is 350 g/mol. The fraction of sp³-hybridized carbons (Fsp3) is 0.471. The number of Topliss-reactive ketones (excluding diaryl/α,β-unsaturated/α-hetero) is 1. The van der Waals surface area contributed by atoms with Crippen LogP contribution in [0.3, 0.4) is 0 Å². The first kappa shape index (κ1) is 17.3. The van der Waals surface area contributed by atoms with Crippen molar-refractivity contribution in [3.8, 4) is 0 Å². The highest BCUT2D eigenvalue weighted by Gasteiger charge is 2.34. The molecule has 8 heteroatoms. The van der Waals surface area contributed by atoms with Crippen molar-refractivity contribution >= 4 is 23.5 Å². The Bertz CT molecular complexity index is 723. The summed E-state index contributed by atoms with van der Waals surface area (Å²) in [6.07, 6.45) is -1.57. The monoisotopic (exact) mass is 350 g/mol. The first-order valence-corrected chi connectivity index (χ1v) is 8.10. The molecule has 0 radical (unpaired) electrons. The summed E-state index contributed by atoms with van der Waals surface area (Å²) in [4.78, 5) is 35.6. The number of hydrogen-bond acceptors (Lipinski definition) is 5. The third-order valence-corrected chi connectivity index (χ3v) is 4.53. The molecule has 1 heterocycles. The van der Waals surface area contributed by atoms with Crippen LogP contribution in [0.5, 0.6) is 0 Å². The lowest BCUT2D eigenvalue weighted by atomic mass is 9.81. The van der Waals surface area contributed by atoms with E-state index >= 15 is 0 Å². The summed E-state index contributed by atoms with van der Waals surface area (Å²) in [7, 11) is 0. The zero-order valence-electron chi connectivity index (χ0n) is 13.7. The van der Waals surface area contributed by atoms with Crippen LogP contribution in [-0.2, 0) is 14.3 Å². The summed E-state index contributed by atoms with van der Waals surface area (Å²) in [5.41, 5.74) is 0.743. The molecule has 2 amide bonds. The zero-order valence-corrected chi connectivity index (χ0v) is 13.7. The second-order valence-electron chi connectivity index (χ2n) is 6.34. The van der Waals surface area contributed by atoms with Crippen molar-refractivity contribution < 1.29 is 28.6 Å². The maximum atomic E-state index is 14.5. The lowest BCUT2D eigenvalue weighted by Gasteiger charge is -2.26. The fourth-order valence-corrected chi connectivity index (χ4v) is 3.27. The standard InChI is InChI=1S/C17H19FN2O5/c1-9(21)19-16-8-20(17(24)25-16)11-3-4-12(13(18)7-11)10-2-5-14(22)15(23)6-10/h3-4,7,10,15-16,23H,2,5-6,8H2,1H3,(H,19,21). The van der Waals surface area contributed by atoms with Gasteiger partial charge in [0.1, 0.15) is 11.9 Å². The Morgan fingerprint density at radius 2 is 2.16 bits per heavy atom. The number of nitrogens with one attached hydrogen (secondary N) is 1. The fourth-order valence-electron chi connectivity index (χ4n) is 3.27. The number of carbonyl (C=O) groups excluding carboxylic acids is 3. The normalized spacial score (nSPS) is 26.5. The molecule has 134 valence electrons. The summed E-state index contributed by atoms with van der Waals surface area (Å²) in [5, 5.41) is 12.2. The number of aliphatic hydroxyl groups excluding tert-OH is 1. The SMILES string of the molecule is CC(=O)NC1CN(c2ccc(C3CCC(=O)C(O)C3)c(F)c2)C(=O)O1. The van der Waals surface area contributed by atoms with Gasteiger partial charge in [0, 0.05) is 13.3 Å². The van der Waals surface area contributed by atoms with E-state index in [4.69, 9.17) is 4.74 Å². The molecular formula is C17H19FN2O5. The molecule has 25 heavy (non-hydrogen) atoms. The van der Waals surface area contributed by atoms with E-state index in [0.29, 0.717) is 17.7 Å². The zero-order chi connectivity index (χ0) is 18.1. The lowest BCUT2D eigenvalue weighted by molar-refractivity contribution is -0.129. The summed E-state index contributed by atoms with van der Waals surface area (Å²) >= 11 is 0. The van der Waals surface area contributed by atoms with E-state index in [9.17, 15) is 23.9 Å². The number of cyclic esters (lactones) is 1. The Morgan fingerprint density at radius 3 is 2.80 bits per heavy atom. The number of aliphatic hydroxyl groups is 1. The highest BCUT2D eigenvalue weighted by Crippen LogP contribution is 2.34. The van der Waals surface area contributed by atoms with Crippen LogP contribution in [-0.4, -0.2) is 41.8 Å². The second kappa shape index (κ2) is 6.79. The number of rotatable bonds is 3. The highest BCUT2D eigenvalue weighted by atomic mass is 19.1. The number of carbonyl (C=O) groups is 3. The summed E-state index contributed by atoms with van der Waals surface area (Å²) in [6.45, 7) is 1.40. The van der Waals surface area contributed by atoms with Gasteiger partial charge in [-0.25, -0.2) is 9.18 Å². The summed E-state index contributed by atoms with van der Waals surface area (Å²) in [5.74, 6) is -1.28. The molecule has 1 aromatic carbocycles. The summed E-state index contributed by atoms with van der Waals surface area (Å²) in [6, 6.07) is 4.39. The van der Waals surface area contributed by atoms with E-state index in [1.54, 1.807) is 12.1 Å². The Morgan fingerprint density at radius 1 is 1.40 bits per heavy atom. The molecule has 0 bridgehead atoms. The van der Waals surface area contributed by atoms with Gasteiger partial charge < -0.3 is 15.2 Å². The van der Waals surface area contributed by atoms with Crippen molar-refractivity contribution in [2.45, 2.75) is 44.4 Å². The van der Waals surface area contributed by atoms with Crippen LogP contribution in [0, 0.1) is 5.82 Å². The first-order valence-electron chi connectivity index (χ1n) is 8.10. The lowest BCUT2D eigenvalue weighted by Crippen LogP contribution is -2.36. The van der Waals surface area contributed by atoms with Gasteiger partial charge in [-0.3, -0.25) is 14.5 Å². The molecule has 2 fully saturated rings. The Labute approximate surface area is 143 Å². The molecule has 3 unspecified atom stereocenters. The Kier molecular flexibility index (Phi) is 4.71. The van der Waals surface area contributed by atoms with Gasteiger partial charge in [0.15, 0.2) is 12.0 Å². The number of amides is 2. The van der Waals surface area contributed by atoms with Crippen LogP contribution >= 0.6 is 0 Å². The number of benzene rings is 1. The quantitative estimate of drug-likeness (QED) is 0.860. The number of nitrogens with zero attached hydrogens (tertiary/aromatic N) is 1. The maximum Gasteiger partial charge on any atom is 0.416 e. The van der Waals surface area contributed by atoms with Crippen LogP contribution in [0.2, 0.25) is 0 Å². The van der Waals surface area contributed by atoms with E-state index in [1.165, 1.54) is 17.9 Å². The largest absolute Gasteiger partial charge is 0.423 e. The van der Waals surface area contributed by atoms with E-state index in [-0.39, 0.29) is 37.0 Å². The van der Waals surface area contributed by atoms with E-state index in [1.807, 2.05) is 0 Å². The van der Waals surface area contributed by atoms with Crippen molar-refractivity contribution in [3.05, 3.63) is 29.6 Å². The molecule has 1 aliphatic heterocycles. The minimum Gasteiger partial charge on any atom is -0.423 e. The average Bonchev–Trinajstić information content (AvgIpc) is 2.89. The van der Waals surface area contributed by atoms with Crippen molar-refractivity contribution in [2.75, 3.05) is 11.4 Å². The molecule has 1 saturated carbocycles. The molecule has 3 rings (SSSR count). The summed E-state index contributed by atoms with van der Waals surface area (Å²) < 4.78 is 19.5. The maximum absolute atomic E-state index is 14.5. The number of ether oxygens (including phenoxy) is 1. The van der Waals surface area contributed by atoms with Crippen LogP contribution in [0.25, 0.3) is 0 Å². The number of ketones is 1. The van der Waals surface area contributed by atoms with Crippen LogP contribution in [0.1, 0.15) is 37.7 Å². The Balaban J connectivity index is 1.75. The van der Waals surface area contributed by atoms with Gasteiger partial charge in [-0.1, -0.05) is 6.07 Å². The van der Waals surface area contributed by atoms with Crippen LogP contribution < -0.4 is 10.2 Å². The van der Waals surface area contributed by atoms with Gasteiger partial charge in [-0.2, -0.15) is 0 Å². The number of anilines is 1. The van der Waals surface area contributed by atoms with Crippen LogP contribution in [0.4, 0.5) is 14.9 Å². The van der Waals surface area contributed by atoms with Crippen molar-refractivity contribution in [1.29, 1.82) is 0 Å². The van der Waals surface area contributed by atoms with Crippen molar-refractivity contribution in [3.63, 3.8) is 0 Å². The topological polar surface area (TPSA) is 95.9 Å². The first-order chi connectivity index (χ1) is 11.8. The molecule has 1 saturated heterocycles. The highest BCUT2D eigenvalue weighted by molar-refractivity contribution is 5.90. The van der Waals surface area contributed by atoms with Gasteiger partial charge in [-0.05, 0) is 36.5 Å². The van der Waals surface area contributed by atoms with Gasteiger partial charge in [0.05, 0.1) is 12.2 Å². The molecule has 2 N–H and O–H groups in total. The van der Waals surface area contributed by atoms with Gasteiger partial charge >= 0.3 is 6.09 Å². The molecule has 1 aliphatic carbocycles. The van der Waals surface area contributed by atoms with E-state index in [2.05, 4.69) is 5.32 Å². The predicted molar refractivity (Wildman–Crippen MR) is 85.4 cm³/mol. The molecule has 3 atom stereocenters. The predicted octanol–water partition coefficient (Wildman–Crippen LogP) is 1.44. The molecule has 1 aromatic rings. The van der Waals surface area contributed by atoms with Gasteiger partial charge in [0.25, 0.3) is 0 Å². The minimum absolute atomic E-state index is 0.0911. The third-order valence-electron chi connectivity index (χ3n) is 4.53. The number of hydrogen-bond donors (Lipinski definition) is 2. The van der Waals surface area contributed by atoms with E-state index < -0.39 is 24.2 Å². The molecular weight excluding hydrogens is 331 g/mol. The van der Waals surface area contributed by atoms with Crippen molar-refractivity contribution in [2.24, 2.45) is 0 Å². The molecule has 0 spiro atoms. The van der Waals surface area contributed by atoms with Crippen LogP contribution in [0.15, 0.2) is 18.2 Å². The molecule has 2 aliphatic rings. The third kappa shape index (κ3) is 3.63. The van der Waals surface area contributed by atoms with Gasteiger partial charge in [-0.15, -0.1) is 0 Å². The van der Waals surface area contributed by atoms with E-state index in [0.717, 1.165) is 0 Å². The smallest absolute Gasteiger partial charge is 0.416 e. The molecule has 0 aromatic heterocycles. The molecule has 7 nitrogen and oxygen atoms in total. The Hall–Kier alpha value is -2.48. The minimum atomic E-state index is -1.05. The second-order valence-corrected chi connectivity index (χ2v) is 6.34.